The van der Waals surface area contributed by atoms with Crippen molar-refractivity contribution in [1.29, 1.82) is 0 Å². The molecule has 0 bridgehead atoms. The van der Waals surface area contributed by atoms with E-state index in [-0.39, 0.29) is 5.78 Å². The lowest BCUT2D eigenvalue weighted by molar-refractivity contribution is -0.146. The highest BCUT2D eigenvalue weighted by molar-refractivity contribution is 6.14. The van der Waals surface area contributed by atoms with Crippen molar-refractivity contribution in [1.82, 2.24) is 5.32 Å². The van der Waals surface area contributed by atoms with E-state index in [0.717, 1.165) is 5.56 Å². The van der Waals surface area contributed by atoms with Gasteiger partial charge in [-0.2, -0.15) is 0 Å². The zero-order chi connectivity index (χ0) is 14.7. The zero-order valence-corrected chi connectivity index (χ0v) is 11.3. The second-order valence-corrected chi connectivity index (χ2v) is 4.31. The Morgan fingerprint density at radius 1 is 1.40 bits per heavy atom. The number of ketones is 1. The molecule has 1 aromatic carbocycles. The van der Waals surface area contributed by atoms with E-state index in [4.69, 9.17) is 4.74 Å². The monoisotopic (exact) mass is 273 g/mol. The smallest absolute Gasteiger partial charge is 0.322 e. The molecule has 0 radical (unpaired) electrons. The van der Waals surface area contributed by atoms with Crippen molar-refractivity contribution in [3.63, 3.8) is 0 Å². The molecule has 0 saturated carbocycles. The molecule has 2 rings (SSSR count). The van der Waals surface area contributed by atoms with E-state index in [1.54, 1.807) is 19.3 Å². The van der Waals surface area contributed by atoms with Crippen LogP contribution in [0.4, 0.5) is 0 Å². The third-order valence-electron chi connectivity index (χ3n) is 3.01. The molecule has 20 heavy (non-hydrogen) atoms. The predicted octanol–water partition coefficient (Wildman–Crippen LogP) is 1.51. The molecular weight excluding hydrogens is 258 g/mol. The number of benzene rings is 1. The molecule has 1 aliphatic heterocycles. The maximum Gasteiger partial charge on any atom is 0.322 e. The van der Waals surface area contributed by atoms with Gasteiger partial charge in [-0.3, -0.25) is 9.59 Å². The molecule has 1 unspecified atom stereocenters. The maximum atomic E-state index is 12.2. The van der Waals surface area contributed by atoms with Crippen LogP contribution in [0.15, 0.2) is 42.2 Å². The standard InChI is InChI=1S/C15H15NO4/c1-9-13(15(18)20-3)14(17)12(16-9)8-10-5-4-6-11(7-10)19-2/h4-8,13,16H,1H2,2-3H3. The summed E-state index contributed by atoms with van der Waals surface area (Å²) in [6, 6.07) is 7.24. The molecule has 1 atom stereocenters. The number of methoxy groups -OCH3 is 2. The molecule has 0 aliphatic carbocycles. The van der Waals surface area contributed by atoms with E-state index < -0.39 is 11.9 Å². The Morgan fingerprint density at radius 2 is 2.15 bits per heavy atom. The first-order chi connectivity index (χ1) is 9.56. The number of nitrogens with one attached hydrogen (secondary N) is 1. The van der Waals surface area contributed by atoms with Gasteiger partial charge in [0.15, 0.2) is 11.7 Å². The third kappa shape index (κ3) is 2.56. The zero-order valence-electron chi connectivity index (χ0n) is 11.3. The van der Waals surface area contributed by atoms with Crippen LogP contribution < -0.4 is 10.1 Å². The number of allylic oxidation sites excluding steroid dienone is 1. The number of hydrogen-bond donors (Lipinski definition) is 1. The van der Waals surface area contributed by atoms with E-state index in [9.17, 15) is 9.59 Å². The van der Waals surface area contributed by atoms with Crippen molar-refractivity contribution >= 4 is 17.8 Å². The predicted molar refractivity (Wildman–Crippen MR) is 73.8 cm³/mol. The van der Waals surface area contributed by atoms with Gasteiger partial charge in [0, 0.05) is 5.70 Å². The summed E-state index contributed by atoms with van der Waals surface area (Å²) in [7, 11) is 2.81. The molecule has 0 spiro atoms. The number of Topliss-reactive ketones (excluding diaryl/α,β-unsaturated/α-hetero) is 1. The van der Waals surface area contributed by atoms with Crippen LogP contribution >= 0.6 is 0 Å². The highest BCUT2D eigenvalue weighted by Crippen LogP contribution is 2.25. The van der Waals surface area contributed by atoms with Gasteiger partial charge in [0.2, 0.25) is 0 Å². The minimum absolute atomic E-state index is 0.318. The SMILES string of the molecule is C=C1NC(=Cc2cccc(OC)c2)C(=O)C1C(=O)OC. The number of hydrogen-bond acceptors (Lipinski definition) is 5. The molecule has 1 N–H and O–H groups in total. The molecule has 1 fully saturated rings. The van der Waals surface area contributed by atoms with Gasteiger partial charge in [-0.25, -0.2) is 0 Å². The Morgan fingerprint density at radius 3 is 2.80 bits per heavy atom. The van der Waals surface area contributed by atoms with E-state index in [2.05, 4.69) is 16.6 Å². The van der Waals surface area contributed by atoms with E-state index >= 15 is 0 Å². The molecule has 0 amide bonds. The van der Waals surface area contributed by atoms with Gasteiger partial charge < -0.3 is 14.8 Å². The minimum Gasteiger partial charge on any atom is -0.497 e. The van der Waals surface area contributed by atoms with Crippen molar-refractivity contribution in [3.8, 4) is 5.75 Å². The quantitative estimate of drug-likeness (QED) is 0.514. The summed E-state index contributed by atoms with van der Waals surface area (Å²) in [6.45, 7) is 3.68. The number of rotatable bonds is 3. The Hall–Kier alpha value is -2.56. The Bertz CT molecular complexity index is 604. The van der Waals surface area contributed by atoms with Crippen molar-refractivity contribution in [2.45, 2.75) is 0 Å². The molecule has 1 heterocycles. The average Bonchev–Trinajstić information content (AvgIpc) is 2.73. The molecule has 5 nitrogen and oxygen atoms in total. The van der Waals surface area contributed by atoms with Crippen LogP contribution in [0.2, 0.25) is 0 Å². The highest BCUT2D eigenvalue weighted by Gasteiger charge is 2.39. The lowest BCUT2D eigenvalue weighted by Crippen LogP contribution is -2.21. The summed E-state index contributed by atoms with van der Waals surface area (Å²) in [5.74, 6) is -1.24. The van der Waals surface area contributed by atoms with Gasteiger partial charge in [0.1, 0.15) is 5.75 Å². The summed E-state index contributed by atoms with van der Waals surface area (Å²) in [5.41, 5.74) is 1.44. The van der Waals surface area contributed by atoms with Crippen LogP contribution in [0.5, 0.6) is 5.75 Å². The lowest BCUT2D eigenvalue weighted by Gasteiger charge is -2.04. The van der Waals surface area contributed by atoms with Crippen molar-refractivity contribution in [3.05, 3.63) is 47.8 Å². The summed E-state index contributed by atoms with van der Waals surface area (Å²) in [6.07, 6.45) is 1.65. The molecule has 1 saturated heterocycles. The first-order valence-corrected chi connectivity index (χ1v) is 6.00. The first kappa shape index (κ1) is 13.9. The van der Waals surface area contributed by atoms with Gasteiger partial charge in [-0.15, -0.1) is 0 Å². The fourth-order valence-electron chi connectivity index (χ4n) is 1.99. The molecule has 104 valence electrons. The fraction of sp³-hybridized carbons (Fsp3) is 0.200. The molecular formula is C15H15NO4. The topological polar surface area (TPSA) is 64.6 Å². The number of ether oxygens (including phenoxy) is 2. The van der Waals surface area contributed by atoms with Crippen LogP contribution in [0.25, 0.3) is 6.08 Å². The van der Waals surface area contributed by atoms with E-state index in [0.29, 0.717) is 17.1 Å². The van der Waals surface area contributed by atoms with Crippen LogP contribution in [0.1, 0.15) is 5.56 Å². The number of carbonyl (C=O) groups excluding carboxylic acids is 2. The highest BCUT2D eigenvalue weighted by atomic mass is 16.5. The summed E-state index contributed by atoms with van der Waals surface area (Å²) >= 11 is 0. The van der Waals surface area contributed by atoms with Gasteiger partial charge in [-0.05, 0) is 23.8 Å². The van der Waals surface area contributed by atoms with E-state index in [1.165, 1.54) is 7.11 Å². The Kier molecular flexibility index (Phi) is 3.89. The van der Waals surface area contributed by atoms with Gasteiger partial charge >= 0.3 is 5.97 Å². The summed E-state index contributed by atoms with van der Waals surface area (Å²) < 4.78 is 9.72. The summed E-state index contributed by atoms with van der Waals surface area (Å²) in [5, 5.41) is 2.83. The van der Waals surface area contributed by atoms with Crippen LogP contribution in [-0.2, 0) is 14.3 Å². The van der Waals surface area contributed by atoms with Crippen molar-refractivity contribution in [2.24, 2.45) is 5.92 Å². The average molecular weight is 273 g/mol. The normalized spacial score (nSPS) is 19.9. The Labute approximate surface area is 116 Å². The van der Waals surface area contributed by atoms with Crippen molar-refractivity contribution in [2.75, 3.05) is 14.2 Å². The number of esters is 1. The first-order valence-electron chi connectivity index (χ1n) is 6.00. The Balaban J connectivity index is 2.29. The maximum absolute atomic E-state index is 12.2. The van der Waals surface area contributed by atoms with Crippen molar-refractivity contribution < 1.29 is 19.1 Å². The minimum atomic E-state index is -0.975. The molecule has 0 aromatic heterocycles. The third-order valence-corrected chi connectivity index (χ3v) is 3.01. The van der Waals surface area contributed by atoms with E-state index in [1.807, 2.05) is 18.2 Å². The van der Waals surface area contributed by atoms with Gasteiger partial charge in [0.05, 0.1) is 19.9 Å². The lowest BCUT2D eigenvalue weighted by atomic mass is 10.0. The largest absolute Gasteiger partial charge is 0.497 e. The number of carbonyl (C=O) groups is 2. The molecule has 1 aliphatic rings. The second kappa shape index (κ2) is 5.61. The second-order valence-electron chi connectivity index (χ2n) is 4.31. The van der Waals surface area contributed by atoms with Crippen LogP contribution in [0, 0.1) is 5.92 Å². The van der Waals surface area contributed by atoms with Gasteiger partial charge in [0.25, 0.3) is 0 Å². The molecule has 1 aromatic rings. The van der Waals surface area contributed by atoms with Crippen LogP contribution in [0.3, 0.4) is 0 Å². The molecule has 5 heteroatoms. The fourth-order valence-corrected chi connectivity index (χ4v) is 1.99. The summed E-state index contributed by atoms with van der Waals surface area (Å²) in [4.78, 5) is 23.7. The van der Waals surface area contributed by atoms with Crippen LogP contribution in [-0.4, -0.2) is 26.0 Å². The van der Waals surface area contributed by atoms with Gasteiger partial charge in [-0.1, -0.05) is 18.7 Å².